The van der Waals surface area contributed by atoms with Crippen LogP contribution in [-0.4, -0.2) is 30.0 Å². The molecule has 4 N–H and O–H groups in total. The maximum Gasteiger partial charge on any atom is 0.234 e. The average molecular weight is 320 g/mol. The van der Waals surface area contributed by atoms with Crippen LogP contribution < -0.4 is 11.1 Å². The fourth-order valence-electron chi connectivity index (χ4n) is 1.98. The second-order valence-electron chi connectivity index (χ2n) is 4.53. The summed E-state index contributed by atoms with van der Waals surface area (Å²) >= 11 is 6.19. The highest BCUT2D eigenvalue weighted by Crippen LogP contribution is 2.37. The molecule has 0 fully saturated rings. The Kier molecular flexibility index (Phi) is 3.22. The van der Waals surface area contributed by atoms with Crippen LogP contribution in [0.4, 0.5) is 5.69 Å². The lowest BCUT2D eigenvalue weighted by Crippen LogP contribution is -2.18. The Bertz CT molecular complexity index is 853. The number of nitrogens with one attached hydrogen (secondary N) is 1. The highest BCUT2D eigenvalue weighted by atomic mass is 32.1. The van der Waals surface area contributed by atoms with Crippen LogP contribution in [0.5, 0.6) is 5.75 Å². The molecule has 2 heterocycles. The SMILES string of the molecule is Cc1cc(NC(N)=S)cc(-c2nn3c(C)nnc3s2)c1O. The molecule has 3 aromatic rings. The van der Waals surface area contributed by atoms with Crippen molar-refractivity contribution in [3.63, 3.8) is 0 Å². The molecule has 0 saturated heterocycles. The van der Waals surface area contributed by atoms with E-state index in [1.165, 1.54) is 11.3 Å². The molecule has 7 nitrogen and oxygen atoms in total. The molecule has 3 rings (SSSR count). The summed E-state index contributed by atoms with van der Waals surface area (Å²) in [5, 5.41) is 26.3. The summed E-state index contributed by atoms with van der Waals surface area (Å²) in [5.41, 5.74) is 7.50. The van der Waals surface area contributed by atoms with Crippen LogP contribution in [0.25, 0.3) is 15.5 Å². The van der Waals surface area contributed by atoms with Gasteiger partial charge >= 0.3 is 0 Å². The Hall–Kier alpha value is -2.26. The molecular formula is C12H12N6OS2. The number of fused-ring (bicyclic) bond motifs is 1. The van der Waals surface area contributed by atoms with Crippen molar-refractivity contribution in [1.29, 1.82) is 0 Å². The quantitative estimate of drug-likeness (QED) is 0.489. The number of aromatic hydroxyl groups is 1. The summed E-state index contributed by atoms with van der Waals surface area (Å²) in [6.07, 6.45) is 0. The van der Waals surface area contributed by atoms with E-state index in [0.717, 1.165) is 0 Å². The number of phenolic OH excluding ortho intramolecular Hbond substituents is 1. The minimum absolute atomic E-state index is 0.167. The van der Waals surface area contributed by atoms with Crippen LogP contribution in [-0.2, 0) is 0 Å². The fraction of sp³-hybridized carbons (Fsp3) is 0.167. The molecule has 0 radical (unpaired) electrons. The number of anilines is 1. The molecule has 0 atom stereocenters. The molecule has 9 heteroatoms. The van der Waals surface area contributed by atoms with Crippen LogP contribution in [0.3, 0.4) is 0 Å². The Morgan fingerprint density at radius 3 is 2.81 bits per heavy atom. The molecule has 108 valence electrons. The van der Waals surface area contributed by atoms with Crippen LogP contribution in [0.15, 0.2) is 12.1 Å². The maximum absolute atomic E-state index is 10.3. The zero-order valence-corrected chi connectivity index (χ0v) is 12.9. The summed E-state index contributed by atoms with van der Waals surface area (Å²) in [7, 11) is 0. The highest BCUT2D eigenvalue weighted by molar-refractivity contribution is 7.80. The van der Waals surface area contributed by atoms with Crippen molar-refractivity contribution >= 4 is 39.3 Å². The molecule has 0 spiro atoms. The van der Waals surface area contributed by atoms with Crippen molar-refractivity contribution in [3.8, 4) is 16.3 Å². The number of thiocarbonyl (C=S) groups is 1. The zero-order chi connectivity index (χ0) is 15.1. The lowest BCUT2D eigenvalue weighted by atomic mass is 10.1. The van der Waals surface area contributed by atoms with E-state index >= 15 is 0 Å². The maximum atomic E-state index is 10.3. The Labute approximate surface area is 129 Å². The van der Waals surface area contributed by atoms with Crippen LogP contribution in [0, 0.1) is 13.8 Å². The number of nitrogens with zero attached hydrogens (tertiary/aromatic N) is 4. The number of aryl methyl sites for hydroxylation is 2. The van der Waals surface area contributed by atoms with Gasteiger partial charge < -0.3 is 16.2 Å². The first-order valence-corrected chi connectivity index (χ1v) is 7.27. The van der Waals surface area contributed by atoms with Crippen molar-refractivity contribution in [2.45, 2.75) is 13.8 Å². The summed E-state index contributed by atoms with van der Waals surface area (Å²) in [5.74, 6) is 0.868. The van der Waals surface area contributed by atoms with Gasteiger partial charge in [-0.3, -0.25) is 0 Å². The van der Waals surface area contributed by atoms with Crippen LogP contribution in [0.2, 0.25) is 0 Å². The molecule has 0 saturated carbocycles. The number of hydrogen-bond donors (Lipinski definition) is 3. The standard InChI is InChI=1S/C12H12N6OS2/c1-5-3-7(14-11(13)20)4-8(9(5)19)10-17-18-6(2)15-16-12(18)21-10/h3-4,19H,1-2H3,(H3,13,14,20). The van der Waals surface area contributed by atoms with Gasteiger partial charge in [0.1, 0.15) is 5.75 Å². The zero-order valence-electron chi connectivity index (χ0n) is 11.3. The number of nitrogens with two attached hydrogens (primary N) is 1. The van der Waals surface area contributed by atoms with E-state index in [9.17, 15) is 5.11 Å². The van der Waals surface area contributed by atoms with Gasteiger partial charge in [-0.05, 0) is 43.8 Å². The Morgan fingerprint density at radius 1 is 1.38 bits per heavy atom. The van der Waals surface area contributed by atoms with Gasteiger partial charge in [-0.15, -0.1) is 10.2 Å². The van der Waals surface area contributed by atoms with Gasteiger partial charge in [0.25, 0.3) is 0 Å². The number of benzene rings is 1. The minimum atomic E-state index is 0.167. The predicted octanol–water partition coefficient (Wildman–Crippen LogP) is 1.83. The largest absolute Gasteiger partial charge is 0.507 e. The molecule has 1 aromatic carbocycles. The monoisotopic (exact) mass is 320 g/mol. The molecule has 0 aliphatic rings. The number of phenols is 1. The smallest absolute Gasteiger partial charge is 0.234 e. The Morgan fingerprint density at radius 2 is 2.14 bits per heavy atom. The summed E-state index contributed by atoms with van der Waals surface area (Å²) < 4.78 is 1.64. The van der Waals surface area contributed by atoms with E-state index in [-0.39, 0.29) is 10.9 Å². The first-order chi connectivity index (χ1) is 9.95. The molecule has 2 aromatic heterocycles. The lowest BCUT2D eigenvalue weighted by molar-refractivity contribution is 0.473. The van der Waals surface area contributed by atoms with Crippen molar-refractivity contribution in [3.05, 3.63) is 23.5 Å². The second-order valence-corrected chi connectivity index (χ2v) is 5.92. The molecule has 0 amide bonds. The van der Waals surface area contributed by atoms with Crippen molar-refractivity contribution < 1.29 is 5.11 Å². The van der Waals surface area contributed by atoms with Crippen molar-refractivity contribution in [2.24, 2.45) is 5.73 Å². The first-order valence-electron chi connectivity index (χ1n) is 6.05. The topological polar surface area (TPSA) is 101 Å². The van der Waals surface area contributed by atoms with Crippen LogP contribution in [0.1, 0.15) is 11.4 Å². The first kappa shape index (κ1) is 13.7. The van der Waals surface area contributed by atoms with Gasteiger partial charge in [0, 0.05) is 5.69 Å². The van der Waals surface area contributed by atoms with E-state index in [0.29, 0.717) is 32.6 Å². The summed E-state index contributed by atoms with van der Waals surface area (Å²) in [6, 6.07) is 3.52. The third-order valence-electron chi connectivity index (χ3n) is 2.95. The van der Waals surface area contributed by atoms with Gasteiger partial charge in [0.15, 0.2) is 15.9 Å². The third kappa shape index (κ3) is 2.41. The molecule has 0 aliphatic carbocycles. The molecule has 0 unspecified atom stereocenters. The molecule has 0 aliphatic heterocycles. The molecule has 21 heavy (non-hydrogen) atoms. The number of aromatic nitrogens is 4. The van der Waals surface area contributed by atoms with E-state index in [2.05, 4.69) is 20.6 Å². The van der Waals surface area contributed by atoms with Gasteiger partial charge in [0.2, 0.25) is 4.96 Å². The second kappa shape index (κ2) is 4.93. The van der Waals surface area contributed by atoms with Crippen molar-refractivity contribution in [1.82, 2.24) is 19.8 Å². The lowest BCUT2D eigenvalue weighted by Gasteiger charge is -2.09. The highest BCUT2D eigenvalue weighted by Gasteiger charge is 2.16. The van der Waals surface area contributed by atoms with Gasteiger partial charge in [0.05, 0.1) is 5.56 Å². The van der Waals surface area contributed by atoms with E-state index in [1.54, 1.807) is 23.6 Å². The fourth-order valence-corrected chi connectivity index (χ4v) is 3.00. The van der Waals surface area contributed by atoms with Crippen molar-refractivity contribution in [2.75, 3.05) is 5.32 Å². The molecule has 0 bridgehead atoms. The summed E-state index contributed by atoms with van der Waals surface area (Å²) in [6.45, 7) is 3.62. The number of hydrogen-bond acceptors (Lipinski definition) is 6. The normalized spacial score (nSPS) is 11.0. The molecular weight excluding hydrogens is 308 g/mol. The summed E-state index contributed by atoms with van der Waals surface area (Å²) in [4.78, 5) is 0.673. The Balaban J connectivity index is 2.15. The predicted molar refractivity (Wildman–Crippen MR) is 85.6 cm³/mol. The van der Waals surface area contributed by atoms with Crippen LogP contribution >= 0.6 is 23.6 Å². The average Bonchev–Trinajstić information content (AvgIpc) is 2.96. The van der Waals surface area contributed by atoms with E-state index in [4.69, 9.17) is 18.0 Å². The van der Waals surface area contributed by atoms with Gasteiger partial charge in [-0.25, -0.2) is 0 Å². The van der Waals surface area contributed by atoms with Gasteiger partial charge in [-0.1, -0.05) is 11.3 Å². The van der Waals surface area contributed by atoms with E-state index in [1.807, 2.05) is 6.92 Å². The minimum Gasteiger partial charge on any atom is -0.507 e. The third-order valence-corrected chi connectivity index (χ3v) is 3.98. The van der Waals surface area contributed by atoms with E-state index < -0.39 is 0 Å². The van der Waals surface area contributed by atoms with Gasteiger partial charge in [-0.2, -0.15) is 9.61 Å². The number of rotatable bonds is 2.